The lowest BCUT2D eigenvalue weighted by Gasteiger charge is -2.28. The van der Waals surface area contributed by atoms with Gasteiger partial charge >= 0.3 is 0 Å². The van der Waals surface area contributed by atoms with Crippen LogP contribution < -0.4 is 5.32 Å². The second-order valence-electron chi connectivity index (χ2n) is 5.59. The van der Waals surface area contributed by atoms with E-state index in [1.165, 1.54) is 6.20 Å². The molecular weight excluding hydrogens is 302 g/mol. The first-order valence-corrected chi connectivity index (χ1v) is 7.81. The third-order valence-corrected chi connectivity index (χ3v) is 4.20. The summed E-state index contributed by atoms with van der Waals surface area (Å²) in [5.41, 5.74) is 1.27. The van der Waals surface area contributed by atoms with Gasteiger partial charge in [-0.15, -0.1) is 0 Å². The van der Waals surface area contributed by atoms with Crippen LogP contribution in [0.3, 0.4) is 0 Å². The van der Waals surface area contributed by atoms with Gasteiger partial charge in [0, 0.05) is 11.2 Å². The maximum atomic E-state index is 12.3. The normalized spacial score (nSPS) is 21.5. The number of nitrogens with one attached hydrogen (secondary N) is 1. The van der Waals surface area contributed by atoms with E-state index < -0.39 is 6.10 Å². The van der Waals surface area contributed by atoms with Crippen molar-refractivity contribution < 1.29 is 9.90 Å². The summed E-state index contributed by atoms with van der Waals surface area (Å²) < 4.78 is 1.61. The molecule has 2 atom stereocenters. The number of aromatic nitrogens is 2. The summed E-state index contributed by atoms with van der Waals surface area (Å²) >= 11 is 5.96. The van der Waals surface area contributed by atoms with E-state index in [-0.39, 0.29) is 11.9 Å². The lowest BCUT2D eigenvalue weighted by atomic mass is 9.92. The lowest BCUT2D eigenvalue weighted by molar-refractivity contribution is 0.0717. The SMILES string of the molecule is O=C(NC1CCCCC1O)c1cnn(-c2cccc(Cl)c2)c1. The Morgan fingerprint density at radius 2 is 2.18 bits per heavy atom. The average Bonchev–Trinajstić information content (AvgIpc) is 2.99. The average molecular weight is 320 g/mol. The van der Waals surface area contributed by atoms with Gasteiger partial charge in [0.2, 0.25) is 0 Å². The van der Waals surface area contributed by atoms with Gasteiger partial charge in [0.25, 0.3) is 5.91 Å². The first-order chi connectivity index (χ1) is 10.6. The largest absolute Gasteiger partial charge is 0.391 e. The monoisotopic (exact) mass is 319 g/mol. The Balaban J connectivity index is 1.71. The molecule has 0 radical (unpaired) electrons. The molecule has 0 bridgehead atoms. The number of rotatable bonds is 3. The predicted octanol–water partition coefficient (Wildman–Crippen LogP) is 2.56. The first kappa shape index (κ1) is 15.1. The first-order valence-electron chi connectivity index (χ1n) is 7.43. The van der Waals surface area contributed by atoms with Gasteiger partial charge < -0.3 is 10.4 Å². The van der Waals surface area contributed by atoms with Gasteiger partial charge in [-0.2, -0.15) is 5.10 Å². The standard InChI is InChI=1S/C16H18ClN3O2/c17-12-4-3-5-13(8-12)20-10-11(9-18-20)16(22)19-14-6-1-2-7-15(14)21/h3-5,8-10,14-15,21H,1-2,6-7H2,(H,19,22). The van der Waals surface area contributed by atoms with Crippen LogP contribution in [0.15, 0.2) is 36.7 Å². The van der Waals surface area contributed by atoms with E-state index in [1.54, 1.807) is 23.0 Å². The number of halogens is 1. The van der Waals surface area contributed by atoms with Crippen LogP contribution in [0, 0.1) is 0 Å². The van der Waals surface area contributed by atoms with Gasteiger partial charge in [-0.25, -0.2) is 4.68 Å². The van der Waals surface area contributed by atoms with Crippen molar-refractivity contribution in [1.29, 1.82) is 0 Å². The van der Waals surface area contributed by atoms with Crippen molar-refractivity contribution in [3.05, 3.63) is 47.2 Å². The summed E-state index contributed by atoms with van der Waals surface area (Å²) in [7, 11) is 0. The molecule has 0 saturated heterocycles. The topological polar surface area (TPSA) is 67.2 Å². The zero-order valence-corrected chi connectivity index (χ0v) is 12.8. The molecule has 2 aromatic rings. The van der Waals surface area contributed by atoms with Crippen LogP contribution in [0.1, 0.15) is 36.0 Å². The quantitative estimate of drug-likeness (QED) is 0.913. The summed E-state index contributed by atoms with van der Waals surface area (Å²) in [6.45, 7) is 0. The molecule has 5 nitrogen and oxygen atoms in total. The van der Waals surface area contributed by atoms with E-state index in [9.17, 15) is 9.90 Å². The third-order valence-electron chi connectivity index (χ3n) is 3.96. The van der Waals surface area contributed by atoms with Gasteiger partial charge in [-0.05, 0) is 31.0 Å². The smallest absolute Gasteiger partial charge is 0.254 e. The Kier molecular flexibility index (Phi) is 4.45. The molecule has 1 fully saturated rings. The molecule has 116 valence electrons. The molecule has 1 heterocycles. The molecule has 1 aliphatic carbocycles. The van der Waals surface area contributed by atoms with E-state index in [1.807, 2.05) is 12.1 Å². The Hall–Kier alpha value is -1.85. The number of nitrogens with zero attached hydrogens (tertiary/aromatic N) is 2. The van der Waals surface area contributed by atoms with Crippen LogP contribution in [0.2, 0.25) is 5.02 Å². The number of carbonyl (C=O) groups excluding carboxylic acids is 1. The van der Waals surface area contributed by atoms with Gasteiger partial charge in [0.1, 0.15) is 0 Å². The third kappa shape index (κ3) is 3.31. The number of benzene rings is 1. The van der Waals surface area contributed by atoms with Crippen LogP contribution >= 0.6 is 11.6 Å². The molecule has 1 saturated carbocycles. The van der Waals surface area contributed by atoms with Crippen molar-refractivity contribution in [2.24, 2.45) is 0 Å². The van der Waals surface area contributed by atoms with E-state index in [2.05, 4.69) is 10.4 Å². The highest BCUT2D eigenvalue weighted by Gasteiger charge is 2.25. The Morgan fingerprint density at radius 3 is 2.95 bits per heavy atom. The van der Waals surface area contributed by atoms with Crippen LogP contribution in [0.5, 0.6) is 0 Å². The van der Waals surface area contributed by atoms with Gasteiger partial charge in [0.05, 0.1) is 29.6 Å². The van der Waals surface area contributed by atoms with Crippen molar-refractivity contribution in [2.45, 2.75) is 37.8 Å². The second-order valence-corrected chi connectivity index (χ2v) is 6.02. The summed E-state index contributed by atoms with van der Waals surface area (Å²) in [6, 6.07) is 7.09. The molecule has 22 heavy (non-hydrogen) atoms. The lowest BCUT2D eigenvalue weighted by Crippen LogP contribution is -2.44. The molecule has 0 aliphatic heterocycles. The molecular formula is C16H18ClN3O2. The fourth-order valence-electron chi connectivity index (χ4n) is 2.73. The summed E-state index contributed by atoms with van der Waals surface area (Å²) in [4.78, 5) is 12.3. The van der Waals surface area contributed by atoms with Crippen molar-refractivity contribution >= 4 is 17.5 Å². The van der Waals surface area contributed by atoms with E-state index >= 15 is 0 Å². The molecule has 1 amide bonds. The summed E-state index contributed by atoms with van der Waals surface area (Å²) in [5.74, 6) is -0.209. The maximum absolute atomic E-state index is 12.3. The number of aliphatic hydroxyl groups is 1. The molecule has 1 aromatic carbocycles. The summed E-state index contributed by atoms with van der Waals surface area (Å²) in [6.07, 6.45) is 6.33. The van der Waals surface area contributed by atoms with E-state index in [0.717, 1.165) is 31.4 Å². The Bertz CT molecular complexity index is 671. The molecule has 1 aliphatic rings. The number of aliphatic hydroxyl groups excluding tert-OH is 1. The van der Waals surface area contributed by atoms with Crippen molar-refractivity contribution in [2.75, 3.05) is 0 Å². The van der Waals surface area contributed by atoms with Crippen molar-refractivity contribution in [3.63, 3.8) is 0 Å². The van der Waals surface area contributed by atoms with Gasteiger partial charge in [0.15, 0.2) is 0 Å². The molecule has 3 rings (SSSR count). The van der Waals surface area contributed by atoms with Gasteiger partial charge in [-0.1, -0.05) is 30.5 Å². The second kappa shape index (κ2) is 6.50. The molecule has 2 N–H and O–H groups in total. The minimum absolute atomic E-state index is 0.171. The molecule has 0 spiro atoms. The van der Waals surface area contributed by atoms with E-state index in [0.29, 0.717) is 10.6 Å². The number of amides is 1. The highest BCUT2D eigenvalue weighted by Crippen LogP contribution is 2.19. The zero-order valence-electron chi connectivity index (χ0n) is 12.1. The van der Waals surface area contributed by atoms with E-state index in [4.69, 9.17) is 11.6 Å². The Labute approximate surface area is 133 Å². The number of hydrogen-bond donors (Lipinski definition) is 2. The zero-order chi connectivity index (χ0) is 15.5. The highest BCUT2D eigenvalue weighted by molar-refractivity contribution is 6.30. The van der Waals surface area contributed by atoms with Crippen LogP contribution in [-0.2, 0) is 0 Å². The van der Waals surface area contributed by atoms with Crippen LogP contribution in [0.4, 0.5) is 0 Å². The van der Waals surface area contributed by atoms with Gasteiger partial charge in [-0.3, -0.25) is 4.79 Å². The number of hydrogen-bond acceptors (Lipinski definition) is 3. The predicted molar refractivity (Wildman–Crippen MR) is 84.3 cm³/mol. The molecule has 6 heteroatoms. The maximum Gasteiger partial charge on any atom is 0.254 e. The van der Waals surface area contributed by atoms with Crippen LogP contribution in [0.25, 0.3) is 5.69 Å². The van der Waals surface area contributed by atoms with Crippen LogP contribution in [-0.4, -0.2) is 32.9 Å². The van der Waals surface area contributed by atoms with Crippen molar-refractivity contribution in [3.8, 4) is 5.69 Å². The molecule has 1 aromatic heterocycles. The minimum Gasteiger partial charge on any atom is -0.391 e. The fraction of sp³-hybridized carbons (Fsp3) is 0.375. The fourth-order valence-corrected chi connectivity index (χ4v) is 2.92. The summed E-state index contributed by atoms with van der Waals surface area (Å²) in [5, 5.41) is 17.6. The highest BCUT2D eigenvalue weighted by atomic mass is 35.5. The minimum atomic E-state index is -0.458. The Morgan fingerprint density at radius 1 is 1.36 bits per heavy atom. The van der Waals surface area contributed by atoms with Crippen molar-refractivity contribution in [1.82, 2.24) is 15.1 Å². The molecule has 2 unspecified atom stereocenters. The number of carbonyl (C=O) groups is 1.